The van der Waals surface area contributed by atoms with Gasteiger partial charge in [-0.1, -0.05) is 12.1 Å². The quantitative estimate of drug-likeness (QED) is 0.847. The van der Waals surface area contributed by atoms with Gasteiger partial charge in [0.2, 0.25) is 5.91 Å². The van der Waals surface area contributed by atoms with E-state index in [4.69, 9.17) is 12.2 Å². The van der Waals surface area contributed by atoms with Crippen molar-refractivity contribution in [2.24, 2.45) is 0 Å². The minimum absolute atomic E-state index is 0.0183. The number of aromatic amines is 1. The van der Waals surface area contributed by atoms with Crippen molar-refractivity contribution in [1.29, 1.82) is 0 Å². The molecule has 1 atom stereocenters. The highest BCUT2D eigenvalue weighted by molar-refractivity contribution is 7.71. The lowest BCUT2D eigenvalue weighted by Gasteiger charge is -2.17. The number of H-pyrrole nitrogens is 1. The first kappa shape index (κ1) is 13.8. The van der Waals surface area contributed by atoms with Gasteiger partial charge in [0.15, 0.2) is 4.77 Å². The number of carbonyl (C=O) groups excluding carboxylic acids is 1. The van der Waals surface area contributed by atoms with Crippen LogP contribution >= 0.6 is 12.2 Å². The molecule has 0 aliphatic carbocycles. The zero-order valence-corrected chi connectivity index (χ0v) is 12.5. The van der Waals surface area contributed by atoms with E-state index in [1.165, 1.54) is 0 Å². The van der Waals surface area contributed by atoms with Gasteiger partial charge in [0.1, 0.15) is 6.04 Å². The van der Waals surface area contributed by atoms with E-state index in [0.29, 0.717) is 4.77 Å². The van der Waals surface area contributed by atoms with Crippen LogP contribution in [0.4, 0.5) is 0 Å². The van der Waals surface area contributed by atoms with Gasteiger partial charge in [0, 0.05) is 6.04 Å². The lowest BCUT2D eigenvalue weighted by Crippen LogP contribution is -2.35. The van der Waals surface area contributed by atoms with Gasteiger partial charge in [0.05, 0.1) is 11.0 Å². The van der Waals surface area contributed by atoms with E-state index in [1.807, 2.05) is 50.5 Å². The summed E-state index contributed by atoms with van der Waals surface area (Å²) in [6, 6.07) is 5.77. The molecule has 4 nitrogen and oxygen atoms in total. The highest BCUT2D eigenvalue weighted by atomic mass is 32.1. The second kappa shape index (κ2) is 5.17. The number of fused-ring (bicyclic) bond motifs is 1. The largest absolute Gasteiger partial charge is 0.352 e. The summed E-state index contributed by atoms with van der Waals surface area (Å²) in [6.07, 6.45) is 0. The maximum absolute atomic E-state index is 12.2. The van der Waals surface area contributed by atoms with Crippen molar-refractivity contribution in [2.75, 3.05) is 0 Å². The van der Waals surface area contributed by atoms with Crippen LogP contribution in [0.5, 0.6) is 0 Å². The Kier molecular flexibility index (Phi) is 3.75. The number of nitrogens with zero attached hydrogens (tertiary/aromatic N) is 1. The number of hydrogen-bond donors (Lipinski definition) is 2. The summed E-state index contributed by atoms with van der Waals surface area (Å²) >= 11 is 5.35. The fourth-order valence-electron chi connectivity index (χ4n) is 2.25. The van der Waals surface area contributed by atoms with Gasteiger partial charge in [-0.3, -0.25) is 4.79 Å². The van der Waals surface area contributed by atoms with E-state index in [0.717, 1.165) is 16.6 Å². The minimum Gasteiger partial charge on any atom is -0.352 e. The average Bonchev–Trinajstić information content (AvgIpc) is 2.65. The number of benzene rings is 1. The summed E-state index contributed by atoms with van der Waals surface area (Å²) in [6.45, 7) is 7.79. The van der Waals surface area contributed by atoms with Gasteiger partial charge in [-0.2, -0.15) is 0 Å². The van der Waals surface area contributed by atoms with Crippen LogP contribution in [0.1, 0.15) is 32.4 Å². The number of amides is 1. The van der Waals surface area contributed by atoms with E-state index >= 15 is 0 Å². The maximum Gasteiger partial charge on any atom is 0.243 e. The van der Waals surface area contributed by atoms with Crippen LogP contribution in [0, 0.1) is 11.7 Å². The highest BCUT2D eigenvalue weighted by Crippen LogP contribution is 2.22. The fourth-order valence-corrected chi connectivity index (χ4v) is 2.61. The molecular formula is C14H19N3OS. The van der Waals surface area contributed by atoms with Crippen LogP contribution in [0.15, 0.2) is 18.2 Å². The van der Waals surface area contributed by atoms with Crippen LogP contribution in [-0.4, -0.2) is 21.5 Å². The molecule has 1 heterocycles. The molecule has 0 aliphatic rings. The molecular weight excluding hydrogens is 258 g/mol. The predicted octanol–water partition coefficient (Wildman–Crippen LogP) is 3.09. The van der Waals surface area contributed by atoms with E-state index in [1.54, 1.807) is 0 Å². The lowest BCUT2D eigenvalue weighted by molar-refractivity contribution is -0.124. The summed E-state index contributed by atoms with van der Waals surface area (Å²) in [5.41, 5.74) is 3.07. The molecule has 0 spiro atoms. The molecule has 2 aromatic rings. The molecule has 0 radical (unpaired) electrons. The van der Waals surface area contributed by atoms with Crippen LogP contribution in [0.3, 0.4) is 0 Å². The van der Waals surface area contributed by atoms with E-state index in [-0.39, 0.29) is 18.0 Å². The second-order valence-corrected chi connectivity index (χ2v) is 5.50. The number of imidazole rings is 1. The molecule has 1 unspecified atom stereocenters. The molecule has 1 aromatic heterocycles. The summed E-state index contributed by atoms with van der Waals surface area (Å²) < 4.78 is 2.47. The Balaban J connectivity index is 2.53. The van der Waals surface area contributed by atoms with Gasteiger partial charge in [-0.05, 0) is 51.5 Å². The van der Waals surface area contributed by atoms with Crippen LogP contribution in [-0.2, 0) is 4.79 Å². The Labute approximate surface area is 117 Å². The average molecular weight is 277 g/mol. The number of aromatic nitrogens is 2. The molecule has 102 valence electrons. The zero-order valence-electron chi connectivity index (χ0n) is 11.7. The minimum atomic E-state index is -0.329. The molecule has 0 fully saturated rings. The molecule has 0 aliphatic heterocycles. The zero-order chi connectivity index (χ0) is 14.2. The predicted molar refractivity (Wildman–Crippen MR) is 79.8 cm³/mol. The summed E-state index contributed by atoms with van der Waals surface area (Å²) in [7, 11) is 0. The van der Waals surface area contributed by atoms with Crippen LogP contribution in [0.25, 0.3) is 11.0 Å². The van der Waals surface area contributed by atoms with Gasteiger partial charge in [0.25, 0.3) is 0 Å². The number of hydrogen-bond acceptors (Lipinski definition) is 2. The van der Waals surface area contributed by atoms with Gasteiger partial charge >= 0.3 is 0 Å². The Morgan fingerprint density at radius 3 is 2.68 bits per heavy atom. The Hall–Kier alpha value is -1.62. The van der Waals surface area contributed by atoms with Gasteiger partial charge in [-0.25, -0.2) is 0 Å². The maximum atomic E-state index is 12.2. The molecule has 0 saturated heterocycles. The summed E-state index contributed by atoms with van der Waals surface area (Å²) in [4.78, 5) is 15.3. The van der Waals surface area contributed by atoms with Crippen molar-refractivity contribution in [3.05, 3.63) is 28.5 Å². The van der Waals surface area contributed by atoms with Gasteiger partial charge < -0.3 is 14.9 Å². The summed E-state index contributed by atoms with van der Waals surface area (Å²) in [5, 5.41) is 2.92. The first-order valence-electron chi connectivity index (χ1n) is 6.42. The Morgan fingerprint density at radius 2 is 2.05 bits per heavy atom. The standard InChI is InChI=1S/C14H19N3OS/c1-8(2)15-13(18)10(4)17-12-9(3)6-5-7-11(12)16-14(17)19/h5-8,10H,1-4H3,(H,15,18)(H,16,19). The number of para-hydroxylation sites is 1. The Morgan fingerprint density at radius 1 is 1.37 bits per heavy atom. The van der Waals surface area contributed by atoms with E-state index in [9.17, 15) is 4.79 Å². The third kappa shape index (κ3) is 2.56. The number of rotatable bonds is 3. The molecule has 2 N–H and O–H groups in total. The topological polar surface area (TPSA) is 49.8 Å². The smallest absolute Gasteiger partial charge is 0.243 e. The normalized spacial score (nSPS) is 12.9. The molecule has 0 saturated carbocycles. The van der Waals surface area contributed by atoms with E-state index < -0.39 is 0 Å². The van der Waals surface area contributed by atoms with Crippen LogP contribution < -0.4 is 5.32 Å². The number of carbonyl (C=O) groups is 1. The van der Waals surface area contributed by atoms with Crippen molar-refractivity contribution in [2.45, 2.75) is 39.8 Å². The Bertz CT molecular complexity index is 669. The van der Waals surface area contributed by atoms with Crippen molar-refractivity contribution < 1.29 is 4.79 Å². The monoisotopic (exact) mass is 277 g/mol. The SMILES string of the molecule is Cc1cccc2[nH]c(=S)n(C(C)C(=O)NC(C)C)c12. The summed E-state index contributed by atoms with van der Waals surface area (Å²) in [5.74, 6) is -0.0183. The molecule has 0 bridgehead atoms. The first-order chi connectivity index (χ1) is 8.91. The van der Waals surface area contributed by atoms with Crippen molar-refractivity contribution in [3.8, 4) is 0 Å². The van der Waals surface area contributed by atoms with Gasteiger partial charge in [-0.15, -0.1) is 0 Å². The lowest BCUT2D eigenvalue weighted by atomic mass is 10.2. The fraction of sp³-hybridized carbons (Fsp3) is 0.429. The molecule has 1 aromatic carbocycles. The van der Waals surface area contributed by atoms with Crippen molar-refractivity contribution in [1.82, 2.24) is 14.9 Å². The molecule has 1 amide bonds. The van der Waals surface area contributed by atoms with Crippen molar-refractivity contribution >= 4 is 29.2 Å². The first-order valence-corrected chi connectivity index (χ1v) is 6.83. The third-order valence-corrected chi connectivity index (χ3v) is 3.44. The molecule has 2 rings (SSSR count). The number of nitrogens with one attached hydrogen (secondary N) is 2. The highest BCUT2D eigenvalue weighted by Gasteiger charge is 2.19. The molecule has 5 heteroatoms. The second-order valence-electron chi connectivity index (χ2n) is 5.11. The third-order valence-electron chi connectivity index (χ3n) is 3.14. The molecule has 19 heavy (non-hydrogen) atoms. The van der Waals surface area contributed by atoms with Crippen molar-refractivity contribution in [3.63, 3.8) is 0 Å². The van der Waals surface area contributed by atoms with Crippen LogP contribution in [0.2, 0.25) is 0 Å². The number of aryl methyl sites for hydroxylation is 1. The van der Waals surface area contributed by atoms with E-state index in [2.05, 4.69) is 10.3 Å².